The molecule has 0 aromatic heterocycles. The molecule has 2 nitrogen and oxygen atoms in total. The van der Waals surface area contributed by atoms with Crippen LogP contribution >= 0.6 is 27.5 Å². The second-order valence-electron chi connectivity index (χ2n) is 2.11. The zero-order valence-corrected chi connectivity index (χ0v) is 7.98. The molecule has 0 aromatic rings. The lowest BCUT2D eigenvalue weighted by Gasteiger charge is -2.05. The van der Waals surface area contributed by atoms with E-state index in [4.69, 9.17) is 21.6 Å². The summed E-state index contributed by atoms with van der Waals surface area (Å²) in [5, 5.41) is 17.5. The van der Waals surface area contributed by atoms with Gasteiger partial charge in [-0.2, -0.15) is 0 Å². The Labute approximate surface area is 74.9 Å². The van der Waals surface area contributed by atoms with Crippen LogP contribution in [0.5, 0.6) is 0 Å². The van der Waals surface area contributed by atoms with E-state index in [9.17, 15) is 0 Å². The van der Waals surface area contributed by atoms with E-state index in [1.165, 1.54) is 0 Å². The molecule has 0 aliphatic carbocycles. The molecule has 60 valence electrons. The van der Waals surface area contributed by atoms with Gasteiger partial charge in [0.2, 0.25) is 0 Å². The average Bonchev–Trinajstić information content (AvgIpc) is 1.88. The predicted octanol–water partition coefficient (Wildman–Crippen LogP) is 1.17. The minimum absolute atomic E-state index is 0.515. The summed E-state index contributed by atoms with van der Waals surface area (Å²) in [4.78, 5) is 0. The molecule has 0 radical (unpaired) electrons. The number of alkyl halides is 2. The number of hydrogen-bond donors (Lipinski definition) is 2. The Morgan fingerprint density at radius 3 is 2.40 bits per heavy atom. The van der Waals surface area contributed by atoms with Crippen molar-refractivity contribution in [1.29, 1.82) is 0 Å². The second-order valence-corrected chi connectivity index (χ2v) is 3.47. The van der Waals surface area contributed by atoms with Crippen molar-refractivity contribution < 1.29 is 10.0 Å². The van der Waals surface area contributed by atoms with Gasteiger partial charge in [0.1, 0.15) is 0 Å². The molecule has 10 heavy (non-hydrogen) atoms. The Bertz CT molecular complexity index is 84.0. The maximum Gasteiger partial charge on any atom is 0.470 e. The topological polar surface area (TPSA) is 40.5 Å². The van der Waals surface area contributed by atoms with Crippen LogP contribution in [0.15, 0.2) is 0 Å². The number of unbranched alkanes of at least 4 members (excludes halogenated alkanes) is 1. The molecule has 0 saturated heterocycles. The van der Waals surface area contributed by atoms with Crippen molar-refractivity contribution >= 4 is 34.6 Å². The Morgan fingerprint density at radius 1 is 1.40 bits per heavy atom. The summed E-state index contributed by atoms with van der Waals surface area (Å²) < 4.78 is 0. The van der Waals surface area contributed by atoms with E-state index in [1.807, 2.05) is 0 Å². The molecule has 0 saturated carbocycles. The fourth-order valence-corrected chi connectivity index (χ4v) is 1.13. The van der Waals surface area contributed by atoms with E-state index in [-0.39, 0.29) is 0 Å². The van der Waals surface area contributed by atoms with E-state index in [2.05, 4.69) is 15.9 Å². The largest absolute Gasteiger partial charge is 0.470 e. The maximum absolute atomic E-state index is 8.53. The van der Waals surface area contributed by atoms with Gasteiger partial charge in [0, 0.05) is 5.33 Å². The first-order valence-electron chi connectivity index (χ1n) is 3.24. The van der Waals surface area contributed by atoms with Gasteiger partial charge in [-0.15, -0.1) is 11.6 Å². The average molecular weight is 229 g/mol. The molecule has 2 N–H and O–H groups in total. The highest BCUT2D eigenvalue weighted by Crippen LogP contribution is 2.08. The fourth-order valence-electron chi connectivity index (χ4n) is 0.583. The molecule has 0 bridgehead atoms. The van der Waals surface area contributed by atoms with Crippen LogP contribution in [0.3, 0.4) is 0 Å². The third-order valence-electron chi connectivity index (χ3n) is 1.19. The van der Waals surface area contributed by atoms with Gasteiger partial charge in [0.05, 0.1) is 5.28 Å². The molecule has 0 aliphatic heterocycles. The van der Waals surface area contributed by atoms with Crippen molar-refractivity contribution in [3.05, 3.63) is 0 Å². The van der Waals surface area contributed by atoms with Crippen molar-refractivity contribution in [2.24, 2.45) is 0 Å². The molecular formula is C5H11BBrClO2. The summed E-state index contributed by atoms with van der Waals surface area (Å²) in [5.41, 5.74) is 0. The quantitative estimate of drug-likeness (QED) is 0.422. The SMILES string of the molecule is OB(O)[C@H](Cl)CCCCBr. The van der Waals surface area contributed by atoms with Gasteiger partial charge in [-0.1, -0.05) is 22.4 Å². The van der Waals surface area contributed by atoms with E-state index >= 15 is 0 Å². The molecular weight excluding hydrogens is 218 g/mol. The molecule has 0 aromatic carbocycles. The van der Waals surface area contributed by atoms with E-state index in [0.29, 0.717) is 6.42 Å². The van der Waals surface area contributed by atoms with Gasteiger partial charge >= 0.3 is 7.12 Å². The molecule has 0 spiro atoms. The van der Waals surface area contributed by atoms with Crippen LogP contribution in [-0.2, 0) is 0 Å². The van der Waals surface area contributed by atoms with Crippen LogP contribution in [0.1, 0.15) is 19.3 Å². The summed E-state index contributed by atoms with van der Waals surface area (Å²) in [6.45, 7) is 0. The standard InChI is InChI=1S/C5H11BBrClO2/c7-4-2-1-3-5(8)6(9)10/h5,9-10H,1-4H2/t5-/m1/s1. The molecule has 0 aliphatic rings. The minimum Gasteiger partial charge on any atom is -0.426 e. The lowest BCUT2D eigenvalue weighted by atomic mass is 9.83. The van der Waals surface area contributed by atoms with Crippen molar-refractivity contribution in [3.8, 4) is 0 Å². The zero-order chi connectivity index (χ0) is 7.98. The van der Waals surface area contributed by atoms with Crippen LogP contribution in [-0.4, -0.2) is 27.8 Å². The Balaban J connectivity index is 3.13. The molecule has 0 unspecified atom stereocenters. The molecule has 1 atom stereocenters. The minimum atomic E-state index is -1.38. The highest BCUT2D eigenvalue weighted by atomic mass is 79.9. The fraction of sp³-hybridized carbons (Fsp3) is 1.00. The molecule has 5 heteroatoms. The highest BCUT2D eigenvalue weighted by molar-refractivity contribution is 9.09. The maximum atomic E-state index is 8.53. The summed E-state index contributed by atoms with van der Waals surface area (Å²) in [5.74, 6) is 0. The van der Waals surface area contributed by atoms with Gasteiger partial charge in [-0.05, 0) is 12.8 Å². The molecule has 0 heterocycles. The molecule has 0 fully saturated rings. The van der Waals surface area contributed by atoms with Crippen molar-refractivity contribution in [1.82, 2.24) is 0 Å². The predicted molar refractivity (Wildman–Crippen MR) is 47.5 cm³/mol. The van der Waals surface area contributed by atoms with Gasteiger partial charge < -0.3 is 10.0 Å². The molecule has 0 rings (SSSR count). The van der Waals surface area contributed by atoms with Crippen LogP contribution in [0.25, 0.3) is 0 Å². The molecule has 0 amide bonds. The van der Waals surface area contributed by atoms with Gasteiger partial charge in [0.15, 0.2) is 0 Å². The summed E-state index contributed by atoms with van der Waals surface area (Å²) in [7, 11) is -1.38. The third kappa shape index (κ3) is 5.53. The van der Waals surface area contributed by atoms with Crippen molar-refractivity contribution in [2.75, 3.05) is 5.33 Å². The van der Waals surface area contributed by atoms with E-state index in [0.717, 1.165) is 18.2 Å². The smallest absolute Gasteiger partial charge is 0.426 e. The van der Waals surface area contributed by atoms with Crippen LogP contribution in [0.2, 0.25) is 0 Å². The summed E-state index contributed by atoms with van der Waals surface area (Å²) >= 11 is 8.80. The normalized spacial score (nSPS) is 13.2. The lowest BCUT2D eigenvalue weighted by Crippen LogP contribution is -2.25. The van der Waals surface area contributed by atoms with E-state index < -0.39 is 12.4 Å². The third-order valence-corrected chi connectivity index (χ3v) is 2.19. The number of hydrogen-bond acceptors (Lipinski definition) is 2. The second kappa shape index (κ2) is 6.46. The monoisotopic (exact) mass is 228 g/mol. The Kier molecular flexibility index (Phi) is 6.95. The summed E-state index contributed by atoms with van der Waals surface area (Å²) in [6, 6.07) is 0. The highest BCUT2D eigenvalue weighted by Gasteiger charge is 2.19. The first-order valence-corrected chi connectivity index (χ1v) is 4.80. The first-order chi connectivity index (χ1) is 4.68. The Hall–Kier alpha value is 0.755. The van der Waals surface area contributed by atoms with Crippen molar-refractivity contribution in [3.63, 3.8) is 0 Å². The number of rotatable bonds is 5. The summed E-state index contributed by atoms with van der Waals surface area (Å²) in [6.07, 6.45) is 2.61. The van der Waals surface area contributed by atoms with E-state index in [1.54, 1.807) is 0 Å². The van der Waals surface area contributed by atoms with Gasteiger partial charge in [-0.25, -0.2) is 0 Å². The van der Waals surface area contributed by atoms with Crippen molar-refractivity contribution in [2.45, 2.75) is 24.5 Å². The van der Waals surface area contributed by atoms with Crippen LogP contribution in [0.4, 0.5) is 0 Å². The Morgan fingerprint density at radius 2 is 2.00 bits per heavy atom. The van der Waals surface area contributed by atoms with Crippen LogP contribution in [0, 0.1) is 0 Å². The van der Waals surface area contributed by atoms with Gasteiger partial charge in [0.25, 0.3) is 0 Å². The first kappa shape index (κ1) is 10.8. The van der Waals surface area contributed by atoms with Gasteiger partial charge in [-0.3, -0.25) is 0 Å². The zero-order valence-electron chi connectivity index (χ0n) is 5.63. The lowest BCUT2D eigenvalue weighted by molar-refractivity contribution is 0.397. The van der Waals surface area contributed by atoms with Crippen LogP contribution < -0.4 is 0 Å². The number of halogens is 2.